The zero-order valence-corrected chi connectivity index (χ0v) is 11.6. The number of ether oxygens (including phenoxy) is 1. The number of hydrogen-bond donors (Lipinski definition) is 1. The van der Waals surface area contributed by atoms with Gasteiger partial charge in [0.1, 0.15) is 5.82 Å². The monoisotopic (exact) mass is 265 g/mol. The van der Waals surface area contributed by atoms with Crippen molar-refractivity contribution in [2.45, 2.75) is 51.2 Å². The molecule has 106 valence electrons. The maximum Gasteiger partial charge on any atom is 0.123 e. The molecule has 2 unspecified atom stereocenters. The van der Waals surface area contributed by atoms with E-state index >= 15 is 0 Å². The molecule has 1 fully saturated rings. The van der Waals surface area contributed by atoms with Crippen molar-refractivity contribution in [2.24, 2.45) is 11.7 Å². The second-order valence-electron chi connectivity index (χ2n) is 5.50. The molecule has 0 aromatic heterocycles. The third kappa shape index (κ3) is 4.02. The van der Waals surface area contributed by atoms with E-state index in [1.54, 1.807) is 12.1 Å². The minimum Gasteiger partial charge on any atom is -0.372 e. The average molecular weight is 265 g/mol. The van der Waals surface area contributed by atoms with Crippen LogP contribution in [0.1, 0.15) is 50.7 Å². The van der Waals surface area contributed by atoms with Crippen LogP contribution in [0.5, 0.6) is 0 Å². The van der Waals surface area contributed by atoms with Crippen LogP contribution >= 0.6 is 0 Å². The molecule has 0 amide bonds. The predicted octanol–water partition coefficient (Wildman–Crippen LogP) is 3.81. The molecule has 0 radical (unpaired) electrons. The van der Waals surface area contributed by atoms with Gasteiger partial charge < -0.3 is 10.5 Å². The summed E-state index contributed by atoms with van der Waals surface area (Å²) in [6.07, 6.45) is 5.89. The fourth-order valence-electron chi connectivity index (χ4n) is 2.48. The Morgan fingerprint density at radius 3 is 2.53 bits per heavy atom. The van der Waals surface area contributed by atoms with Crippen molar-refractivity contribution in [2.75, 3.05) is 6.61 Å². The van der Waals surface area contributed by atoms with Crippen molar-refractivity contribution in [3.05, 3.63) is 35.6 Å². The molecule has 1 aliphatic carbocycles. The smallest absolute Gasteiger partial charge is 0.123 e. The Morgan fingerprint density at radius 2 is 2.00 bits per heavy atom. The van der Waals surface area contributed by atoms with E-state index in [0.29, 0.717) is 0 Å². The summed E-state index contributed by atoms with van der Waals surface area (Å²) in [5, 5.41) is 0. The highest BCUT2D eigenvalue weighted by atomic mass is 19.1. The summed E-state index contributed by atoms with van der Waals surface area (Å²) in [7, 11) is 0. The highest BCUT2D eigenvalue weighted by Crippen LogP contribution is 2.30. The molecule has 2 atom stereocenters. The quantitative estimate of drug-likeness (QED) is 0.813. The van der Waals surface area contributed by atoms with Crippen molar-refractivity contribution in [3.8, 4) is 0 Å². The summed E-state index contributed by atoms with van der Waals surface area (Å²) < 4.78 is 19.0. The highest BCUT2D eigenvalue weighted by Gasteiger charge is 2.21. The summed E-state index contributed by atoms with van der Waals surface area (Å²) in [4.78, 5) is 0. The molecule has 0 saturated heterocycles. The van der Waals surface area contributed by atoms with Gasteiger partial charge in [0, 0.05) is 12.6 Å². The summed E-state index contributed by atoms with van der Waals surface area (Å²) >= 11 is 0. The fourth-order valence-corrected chi connectivity index (χ4v) is 2.48. The van der Waals surface area contributed by atoms with Crippen LogP contribution in [-0.2, 0) is 4.74 Å². The summed E-state index contributed by atoms with van der Waals surface area (Å²) in [5.74, 6) is 0.619. The summed E-state index contributed by atoms with van der Waals surface area (Å²) in [5.41, 5.74) is 7.11. The van der Waals surface area contributed by atoms with Gasteiger partial charge >= 0.3 is 0 Å². The van der Waals surface area contributed by atoms with E-state index in [1.165, 1.54) is 31.4 Å². The highest BCUT2D eigenvalue weighted by molar-refractivity contribution is 5.20. The third-order valence-electron chi connectivity index (χ3n) is 4.11. The molecule has 3 heteroatoms. The molecular formula is C16H24FNO. The maximum absolute atomic E-state index is 13.0. The van der Waals surface area contributed by atoms with Crippen molar-refractivity contribution in [1.82, 2.24) is 0 Å². The third-order valence-corrected chi connectivity index (χ3v) is 4.11. The largest absolute Gasteiger partial charge is 0.372 e. The zero-order valence-electron chi connectivity index (χ0n) is 11.6. The average Bonchev–Trinajstić information content (AvgIpc) is 2.37. The summed E-state index contributed by atoms with van der Waals surface area (Å²) in [6.45, 7) is 2.80. The molecule has 0 heterocycles. The molecule has 2 N–H and O–H groups in total. The van der Waals surface area contributed by atoms with Crippen molar-refractivity contribution in [3.63, 3.8) is 0 Å². The Kier molecular flexibility index (Phi) is 5.34. The molecule has 1 aromatic carbocycles. The van der Waals surface area contributed by atoms with Gasteiger partial charge in [-0.1, -0.05) is 38.3 Å². The first-order chi connectivity index (χ1) is 9.20. The van der Waals surface area contributed by atoms with E-state index in [1.807, 2.05) is 0 Å². The molecular weight excluding hydrogens is 241 g/mol. The van der Waals surface area contributed by atoms with Crippen LogP contribution in [0.4, 0.5) is 4.39 Å². The van der Waals surface area contributed by atoms with Gasteiger partial charge in [-0.3, -0.25) is 0 Å². The minimum atomic E-state index is -0.220. The molecule has 0 aliphatic heterocycles. The lowest BCUT2D eigenvalue weighted by molar-refractivity contribution is 0.0203. The second-order valence-corrected chi connectivity index (χ2v) is 5.50. The van der Waals surface area contributed by atoms with Crippen LogP contribution in [-0.4, -0.2) is 12.6 Å². The SMILES string of the molecule is CCC(N)C(OCCC1CCC1)c1ccc(F)cc1. The van der Waals surface area contributed by atoms with Crippen LogP contribution < -0.4 is 5.73 Å². The van der Waals surface area contributed by atoms with E-state index in [-0.39, 0.29) is 18.0 Å². The van der Waals surface area contributed by atoms with Crippen LogP contribution in [0.3, 0.4) is 0 Å². The number of nitrogens with two attached hydrogens (primary N) is 1. The maximum atomic E-state index is 13.0. The first-order valence-corrected chi connectivity index (χ1v) is 7.33. The standard InChI is InChI=1S/C16H24FNO/c1-2-15(18)16(13-6-8-14(17)9-7-13)19-11-10-12-4-3-5-12/h6-9,12,15-16H,2-5,10-11,18H2,1H3. The van der Waals surface area contributed by atoms with Gasteiger partial charge in [-0.2, -0.15) is 0 Å². The van der Waals surface area contributed by atoms with Crippen LogP contribution in [0.2, 0.25) is 0 Å². The minimum absolute atomic E-state index is 0.0353. The van der Waals surface area contributed by atoms with E-state index in [9.17, 15) is 4.39 Å². The Hall–Kier alpha value is -0.930. The van der Waals surface area contributed by atoms with Crippen molar-refractivity contribution >= 4 is 0 Å². The Balaban J connectivity index is 1.92. The van der Waals surface area contributed by atoms with Crippen molar-refractivity contribution < 1.29 is 9.13 Å². The normalized spacial score (nSPS) is 18.9. The first-order valence-electron chi connectivity index (χ1n) is 7.33. The van der Waals surface area contributed by atoms with E-state index < -0.39 is 0 Å². The number of rotatable bonds is 7. The lowest BCUT2D eigenvalue weighted by Crippen LogP contribution is -2.30. The molecule has 1 aliphatic rings. The topological polar surface area (TPSA) is 35.2 Å². The van der Waals surface area contributed by atoms with Crippen LogP contribution in [0.15, 0.2) is 24.3 Å². The van der Waals surface area contributed by atoms with Crippen molar-refractivity contribution in [1.29, 1.82) is 0 Å². The van der Waals surface area contributed by atoms with E-state index in [0.717, 1.165) is 30.9 Å². The number of halogens is 1. The molecule has 2 rings (SSSR count). The van der Waals surface area contributed by atoms with Gasteiger partial charge in [0.2, 0.25) is 0 Å². The molecule has 0 spiro atoms. The van der Waals surface area contributed by atoms with Crippen LogP contribution in [0, 0.1) is 11.7 Å². The van der Waals surface area contributed by atoms with Gasteiger partial charge in [-0.25, -0.2) is 4.39 Å². The lowest BCUT2D eigenvalue weighted by atomic mass is 9.83. The van der Waals surface area contributed by atoms with Crippen LogP contribution in [0.25, 0.3) is 0 Å². The van der Waals surface area contributed by atoms with Gasteiger partial charge in [0.25, 0.3) is 0 Å². The molecule has 0 bridgehead atoms. The van der Waals surface area contributed by atoms with E-state index in [4.69, 9.17) is 10.5 Å². The molecule has 1 saturated carbocycles. The molecule has 2 nitrogen and oxygen atoms in total. The van der Waals surface area contributed by atoms with Gasteiger partial charge in [-0.15, -0.1) is 0 Å². The number of hydrogen-bond acceptors (Lipinski definition) is 2. The summed E-state index contributed by atoms with van der Waals surface area (Å²) in [6, 6.07) is 6.46. The Morgan fingerprint density at radius 1 is 1.32 bits per heavy atom. The number of benzene rings is 1. The van der Waals surface area contributed by atoms with Gasteiger partial charge in [0.05, 0.1) is 6.10 Å². The fraction of sp³-hybridized carbons (Fsp3) is 0.625. The Bertz CT molecular complexity index is 375. The molecule has 1 aromatic rings. The molecule has 19 heavy (non-hydrogen) atoms. The zero-order chi connectivity index (χ0) is 13.7. The van der Waals surface area contributed by atoms with E-state index in [2.05, 4.69) is 6.92 Å². The van der Waals surface area contributed by atoms with Gasteiger partial charge in [-0.05, 0) is 36.5 Å². The predicted molar refractivity (Wildman–Crippen MR) is 75.3 cm³/mol. The Labute approximate surface area is 115 Å². The first kappa shape index (κ1) is 14.5. The van der Waals surface area contributed by atoms with Gasteiger partial charge in [0.15, 0.2) is 0 Å². The lowest BCUT2D eigenvalue weighted by Gasteiger charge is -2.28. The second kappa shape index (κ2) is 7.01.